The summed E-state index contributed by atoms with van der Waals surface area (Å²) >= 11 is 1.66. The Labute approximate surface area is 162 Å². The maximum Gasteiger partial charge on any atom is 0.193 e. The van der Waals surface area contributed by atoms with E-state index in [0.29, 0.717) is 25.7 Å². The summed E-state index contributed by atoms with van der Waals surface area (Å²) in [6.45, 7) is 3.93. The Kier molecular flexibility index (Phi) is 7.10. The van der Waals surface area contributed by atoms with Crippen molar-refractivity contribution in [2.24, 2.45) is 10.7 Å². The summed E-state index contributed by atoms with van der Waals surface area (Å²) in [5.74, 6) is 1.85. The lowest BCUT2D eigenvalue weighted by Crippen LogP contribution is -2.22. The van der Waals surface area contributed by atoms with Gasteiger partial charge in [-0.05, 0) is 18.6 Å². The zero-order valence-electron chi connectivity index (χ0n) is 13.4. The quantitative estimate of drug-likeness (QED) is 0.415. The van der Waals surface area contributed by atoms with Crippen molar-refractivity contribution < 1.29 is 9.47 Å². The van der Waals surface area contributed by atoms with Gasteiger partial charge in [-0.3, -0.25) is 0 Å². The predicted octanol–water partition coefficient (Wildman–Crippen LogP) is 3.41. The normalized spacial score (nSPS) is 13.8. The molecule has 1 aromatic heterocycles. The molecule has 0 atom stereocenters. The fourth-order valence-electron chi connectivity index (χ4n) is 2.17. The first-order chi connectivity index (χ1) is 11.2. The SMILES string of the molecule is CCc1cnc(CN=C(N)Nc2ccc3c(c2)OCCCO3)s1.I. The van der Waals surface area contributed by atoms with Gasteiger partial charge in [0.15, 0.2) is 17.5 Å². The van der Waals surface area contributed by atoms with E-state index in [0.717, 1.165) is 35.0 Å². The summed E-state index contributed by atoms with van der Waals surface area (Å²) in [5, 5.41) is 4.04. The third-order valence-electron chi connectivity index (χ3n) is 3.35. The van der Waals surface area contributed by atoms with Crippen LogP contribution in [-0.2, 0) is 13.0 Å². The minimum Gasteiger partial charge on any atom is -0.490 e. The zero-order chi connectivity index (χ0) is 16.1. The predicted molar refractivity (Wildman–Crippen MR) is 108 cm³/mol. The first kappa shape index (κ1) is 18.8. The summed E-state index contributed by atoms with van der Waals surface area (Å²) in [6, 6.07) is 5.65. The number of hydrogen-bond acceptors (Lipinski definition) is 5. The van der Waals surface area contributed by atoms with Gasteiger partial charge in [-0.2, -0.15) is 0 Å². The van der Waals surface area contributed by atoms with Crippen LogP contribution < -0.4 is 20.5 Å². The van der Waals surface area contributed by atoms with Crippen LogP contribution in [0.3, 0.4) is 0 Å². The highest BCUT2D eigenvalue weighted by Gasteiger charge is 2.10. The number of nitrogens with zero attached hydrogens (tertiary/aromatic N) is 2. The minimum absolute atomic E-state index is 0. The maximum atomic E-state index is 5.94. The van der Waals surface area contributed by atoms with E-state index < -0.39 is 0 Å². The monoisotopic (exact) mass is 460 g/mol. The van der Waals surface area contributed by atoms with Gasteiger partial charge in [0.05, 0.1) is 19.8 Å². The lowest BCUT2D eigenvalue weighted by molar-refractivity contribution is 0.297. The van der Waals surface area contributed by atoms with Gasteiger partial charge in [0.2, 0.25) is 0 Å². The van der Waals surface area contributed by atoms with Crippen LogP contribution in [0.1, 0.15) is 23.2 Å². The Morgan fingerprint density at radius 3 is 2.88 bits per heavy atom. The van der Waals surface area contributed by atoms with Crippen LogP contribution in [0.4, 0.5) is 5.69 Å². The molecule has 2 heterocycles. The Hall–Kier alpha value is -1.55. The molecule has 0 radical (unpaired) electrons. The Balaban J connectivity index is 0.00000208. The second-order valence-corrected chi connectivity index (χ2v) is 6.31. The summed E-state index contributed by atoms with van der Waals surface area (Å²) < 4.78 is 11.3. The van der Waals surface area contributed by atoms with E-state index in [1.54, 1.807) is 11.3 Å². The van der Waals surface area contributed by atoms with Gasteiger partial charge >= 0.3 is 0 Å². The number of rotatable bonds is 4. The van der Waals surface area contributed by atoms with Crippen LogP contribution in [-0.4, -0.2) is 24.2 Å². The van der Waals surface area contributed by atoms with Crippen molar-refractivity contribution >= 4 is 47.0 Å². The second kappa shape index (κ2) is 9.07. The molecular weight excluding hydrogens is 439 g/mol. The van der Waals surface area contributed by atoms with Crippen LogP contribution in [0.2, 0.25) is 0 Å². The standard InChI is InChI=1S/C16H20N4O2S.HI/c1-2-12-9-18-15(23-12)10-19-16(17)20-11-4-5-13-14(8-11)22-7-3-6-21-13;/h4-5,8-9H,2-3,6-7,10H2,1H3,(H3,17,19,20);1H. The van der Waals surface area contributed by atoms with Gasteiger partial charge in [-0.15, -0.1) is 35.3 Å². The molecule has 2 aromatic rings. The van der Waals surface area contributed by atoms with Crippen LogP contribution >= 0.6 is 35.3 Å². The van der Waals surface area contributed by atoms with Crippen LogP contribution in [0.15, 0.2) is 29.4 Å². The number of guanidine groups is 1. The highest BCUT2D eigenvalue weighted by Crippen LogP contribution is 2.32. The molecule has 0 saturated heterocycles. The van der Waals surface area contributed by atoms with Crippen molar-refractivity contribution in [2.45, 2.75) is 26.3 Å². The van der Waals surface area contributed by atoms with Crippen molar-refractivity contribution in [3.8, 4) is 11.5 Å². The van der Waals surface area contributed by atoms with Crippen molar-refractivity contribution in [1.82, 2.24) is 4.98 Å². The molecule has 1 aliphatic heterocycles. The van der Waals surface area contributed by atoms with E-state index in [2.05, 4.69) is 22.2 Å². The summed E-state index contributed by atoms with van der Waals surface area (Å²) in [6.07, 6.45) is 3.77. The molecule has 0 amide bonds. The average molecular weight is 460 g/mol. The van der Waals surface area contributed by atoms with Crippen molar-refractivity contribution in [3.63, 3.8) is 0 Å². The van der Waals surface area contributed by atoms with Crippen LogP contribution in [0.25, 0.3) is 0 Å². The number of thiazole rings is 1. The number of anilines is 1. The smallest absolute Gasteiger partial charge is 0.193 e. The Morgan fingerprint density at radius 1 is 1.33 bits per heavy atom. The van der Waals surface area contributed by atoms with Crippen LogP contribution in [0.5, 0.6) is 11.5 Å². The van der Waals surface area contributed by atoms with E-state index in [1.165, 1.54) is 4.88 Å². The molecule has 1 aromatic carbocycles. The number of aryl methyl sites for hydroxylation is 1. The number of nitrogens with two attached hydrogens (primary N) is 1. The van der Waals surface area contributed by atoms with E-state index in [9.17, 15) is 0 Å². The number of ether oxygens (including phenoxy) is 2. The van der Waals surface area contributed by atoms with Gasteiger partial charge in [0, 0.05) is 29.2 Å². The number of aliphatic imine (C=N–C) groups is 1. The molecule has 0 spiro atoms. The molecule has 1 aliphatic rings. The lowest BCUT2D eigenvalue weighted by atomic mass is 10.3. The number of hydrogen-bond donors (Lipinski definition) is 2. The van der Waals surface area contributed by atoms with Crippen molar-refractivity contribution in [2.75, 3.05) is 18.5 Å². The number of halogens is 1. The fourth-order valence-corrected chi connectivity index (χ4v) is 2.95. The van der Waals surface area contributed by atoms with Crippen LogP contribution in [0, 0.1) is 0 Å². The first-order valence-corrected chi connectivity index (χ1v) is 8.46. The van der Waals surface area contributed by atoms with Gasteiger partial charge < -0.3 is 20.5 Å². The third kappa shape index (κ3) is 4.97. The van der Waals surface area contributed by atoms with E-state index in [-0.39, 0.29) is 24.0 Å². The lowest BCUT2D eigenvalue weighted by Gasteiger charge is -2.10. The third-order valence-corrected chi connectivity index (χ3v) is 4.48. The maximum absolute atomic E-state index is 5.94. The molecular formula is C16H21IN4O2S. The number of benzene rings is 1. The Morgan fingerprint density at radius 2 is 2.12 bits per heavy atom. The number of nitrogens with one attached hydrogen (secondary N) is 1. The molecule has 0 fully saturated rings. The highest BCUT2D eigenvalue weighted by atomic mass is 127. The Bertz CT molecular complexity index is 705. The van der Waals surface area contributed by atoms with Crippen molar-refractivity contribution in [1.29, 1.82) is 0 Å². The molecule has 8 heteroatoms. The van der Waals surface area contributed by atoms with E-state index >= 15 is 0 Å². The van der Waals surface area contributed by atoms with Gasteiger partial charge in [0.1, 0.15) is 5.01 Å². The van der Waals surface area contributed by atoms with Gasteiger partial charge in [0.25, 0.3) is 0 Å². The molecule has 3 rings (SSSR count). The molecule has 0 bridgehead atoms. The largest absolute Gasteiger partial charge is 0.490 e. The van der Waals surface area contributed by atoms with E-state index in [4.69, 9.17) is 15.2 Å². The fraction of sp³-hybridized carbons (Fsp3) is 0.375. The molecule has 0 aliphatic carbocycles. The van der Waals surface area contributed by atoms with E-state index in [1.807, 2.05) is 24.4 Å². The summed E-state index contributed by atoms with van der Waals surface area (Å²) in [4.78, 5) is 9.91. The summed E-state index contributed by atoms with van der Waals surface area (Å²) in [5.41, 5.74) is 6.77. The zero-order valence-corrected chi connectivity index (χ0v) is 16.6. The average Bonchev–Trinajstić information content (AvgIpc) is 2.90. The van der Waals surface area contributed by atoms with Gasteiger partial charge in [-0.1, -0.05) is 6.92 Å². The molecule has 6 nitrogen and oxygen atoms in total. The minimum atomic E-state index is 0. The summed E-state index contributed by atoms with van der Waals surface area (Å²) in [7, 11) is 0. The highest BCUT2D eigenvalue weighted by molar-refractivity contribution is 14.0. The molecule has 0 saturated carbocycles. The number of fused-ring (bicyclic) bond motifs is 1. The molecule has 130 valence electrons. The second-order valence-electron chi connectivity index (χ2n) is 5.11. The topological polar surface area (TPSA) is 81.8 Å². The van der Waals surface area contributed by atoms with Crippen molar-refractivity contribution in [3.05, 3.63) is 34.3 Å². The molecule has 3 N–H and O–H groups in total. The molecule has 24 heavy (non-hydrogen) atoms. The van der Waals surface area contributed by atoms with Gasteiger partial charge in [-0.25, -0.2) is 9.98 Å². The molecule has 0 unspecified atom stereocenters. The first-order valence-electron chi connectivity index (χ1n) is 7.65. The number of aromatic nitrogens is 1.